The number of hydrogen-bond donors (Lipinski definition) is 0. The Morgan fingerprint density at radius 2 is 1.65 bits per heavy atom. The van der Waals surface area contributed by atoms with Crippen LogP contribution in [0.1, 0.15) is 26.7 Å². The van der Waals surface area contributed by atoms with E-state index in [-0.39, 0.29) is 0 Å². The van der Waals surface area contributed by atoms with Crippen molar-refractivity contribution < 1.29 is 14.2 Å². The van der Waals surface area contributed by atoms with Gasteiger partial charge in [0.2, 0.25) is 0 Å². The Hall–Kier alpha value is -1.90. The first-order valence-electron chi connectivity index (χ1n) is 7.16. The van der Waals surface area contributed by atoms with Crippen LogP contribution in [-0.4, -0.2) is 20.3 Å². The monoisotopic (exact) mass is 274 g/mol. The molecule has 0 radical (unpaired) electrons. The lowest BCUT2D eigenvalue weighted by Crippen LogP contribution is -1.99. The fourth-order valence-electron chi connectivity index (χ4n) is 2.08. The van der Waals surface area contributed by atoms with Crippen LogP contribution in [-0.2, 0) is 0 Å². The van der Waals surface area contributed by atoms with Crippen LogP contribution in [0, 0.1) is 0 Å². The Bertz CT molecular complexity index is 563. The maximum Gasteiger partial charge on any atom is 0.168 e. The molecule has 0 bridgehead atoms. The van der Waals surface area contributed by atoms with Crippen LogP contribution in [0.2, 0.25) is 0 Å². The average Bonchev–Trinajstić information content (AvgIpc) is 2.50. The predicted molar refractivity (Wildman–Crippen MR) is 82.1 cm³/mol. The Morgan fingerprint density at radius 1 is 0.900 bits per heavy atom. The minimum atomic E-state index is 0.684. The Kier molecular flexibility index (Phi) is 5.10. The van der Waals surface area contributed by atoms with Gasteiger partial charge in [-0.2, -0.15) is 0 Å². The van der Waals surface area contributed by atoms with E-state index < -0.39 is 0 Å². The molecule has 2 aromatic carbocycles. The number of benzene rings is 2. The van der Waals surface area contributed by atoms with Crippen LogP contribution in [0.25, 0.3) is 10.8 Å². The van der Waals surface area contributed by atoms with Crippen molar-refractivity contribution in [2.75, 3.05) is 20.3 Å². The maximum absolute atomic E-state index is 5.85. The highest BCUT2D eigenvalue weighted by molar-refractivity contribution is 5.91. The van der Waals surface area contributed by atoms with Crippen LogP contribution in [0.4, 0.5) is 0 Å². The zero-order valence-electron chi connectivity index (χ0n) is 12.4. The molecule has 0 saturated carbocycles. The second-order valence-electron chi connectivity index (χ2n) is 4.68. The maximum atomic E-state index is 5.85. The van der Waals surface area contributed by atoms with Crippen LogP contribution in [0.15, 0.2) is 30.3 Å². The second kappa shape index (κ2) is 7.04. The van der Waals surface area contributed by atoms with E-state index in [0.717, 1.165) is 47.5 Å². The highest BCUT2D eigenvalue weighted by Gasteiger charge is 2.10. The van der Waals surface area contributed by atoms with Gasteiger partial charge in [0.15, 0.2) is 11.5 Å². The summed E-state index contributed by atoms with van der Waals surface area (Å²) in [6.45, 7) is 5.61. The number of rotatable bonds is 7. The normalized spacial score (nSPS) is 10.6. The average molecular weight is 274 g/mol. The predicted octanol–water partition coefficient (Wildman–Crippen LogP) is 4.43. The molecular weight excluding hydrogens is 252 g/mol. The van der Waals surface area contributed by atoms with E-state index in [9.17, 15) is 0 Å². The molecule has 0 unspecified atom stereocenters. The van der Waals surface area contributed by atoms with Crippen LogP contribution >= 0.6 is 0 Å². The molecule has 0 atom stereocenters. The van der Waals surface area contributed by atoms with Crippen molar-refractivity contribution in [2.24, 2.45) is 0 Å². The molecule has 2 rings (SSSR count). The van der Waals surface area contributed by atoms with Gasteiger partial charge in [-0.25, -0.2) is 0 Å². The summed E-state index contributed by atoms with van der Waals surface area (Å²) >= 11 is 0. The van der Waals surface area contributed by atoms with Crippen LogP contribution < -0.4 is 14.2 Å². The standard InChI is InChI=1S/C17H22O3/c1-4-10-19-14-7-8-15-13(12-14)6-9-16(18-3)17(15)20-11-5-2/h6-9,12H,4-5,10-11H2,1-3H3. The van der Waals surface area contributed by atoms with Crippen molar-refractivity contribution in [3.8, 4) is 17.2 Å². The molecule has 0 fully saturated rings. The Morgan fingerprint density at radius 3 is 2.35 bits per heavy atom. The minimum Gasteiger partial charge on any atom is -0.494 e. The zero-order valence-corrected chi connectivity index (χ0v) is 12.4. The van der Waals surface area contributed by atoms with Gasteiger partial charge in [-0.15, -0.1) is 0 Å². The first-order valence-corrected chi connectivity index (χ1v) is 7.16. The van der Waals surface area contributed by atoms with Gasteiger partial charge < -0.3 is 14.2 Å². The summed E-state index contributed by atoms with van der Waals surface area (Å²) in [5.41, 5.74) is 0. The van der Waals surface area contributed by atoms with E-state index in [1.54, 1.807) is 7.11 Å². The number of methoxy groups -OCH3 is 1. The molecule has 2 aromatic rings. The van der Waals surface area contributed by atoms with Crippen molar-refractivity contribution in [1.29, 1.82) is 0 Å². The first kappa shape index (κ1) is 14.5. The molecule has 20 heavy (non-hydrogen) atoms. The molecule has 3 nitrogen and oxygen atoms in total. The van der Waals surface area contributed by atoms with E-state index in [2.05, 4.69) is 13.8 Å². The van der Waals surface area contributed by atoms with E-state index in [1.807, 2.05) is 30.3 Å². The molecular formula is C17H22O3. The Balaban J connectivity index is 2.40. The van der Waals surface area contributed by atoms with Crippen molar-refractivity contribution in [3.63, 3.8) is 0 Å². The fraction of sp³-hybridized carbons (Fsp3) is 0.412. The van der Waals surface area contributed by atoms with Gasteiger partial charge in [0, 0.05) is 5.39 Å². The highest BCUT2D eigenvalue weighted by Crippen LogP contribution is 2.37. The van der Waals surface area contributed by atoms with Crippen molar-refractivity contribution >= 4 is 10.8 Å². The van der Waals surface area contributed by atoms with E-state index in [4.69, 9.17) is 14.2 Å². The summed E-state index contributed by atoms with van der Waals surface area (Å²) < 4.78 is 16.9. The quantitative estimate of drug-likeness (QED) is 0.747. The summed E-state index contributed by atoms with van der Waals surface area (Å²) in [7, 11) is 1.67. The molecule has 0 spiro atoms. The third kappa shape index (κ3) is 3.16. The third-order valence-electron chi connectivity index (χ3n) is 3.05. The summed E-state index contributed by atoms with van der Waals surface area (Å²) in [6, 6.07) is 10.0. The molecule has 3 heteroatoms. The Labute approximate surface area is 120 Å². The smallest absolute Gasteiger partial charge is 0.168 e. The van der Waals surface area contributed by atoms with Gasteiger partial charge in [0.05, 0.1) is 20.3 Å². The van der Waals surface area contributed by atoms with Crippen molar-refractivity contribution in [1.82, 2.24) is 0 Å². The molecule has 0 saturated heterocycles. The molecule has 0 heterocycles. The molecule has 108 valence electrons. The summed E-state index contributed by atoms with van der Waals surface area (Å²) in [5, 5.41) is 2.16. The van der Waals surface area contributed by atoms with Gasteiger partial charge in [-0.3, -0.25) is 0 Å². The van der Waals surface area contributed by atoms with Gasteiger partial charge >= 0.3 is 0 Å². The highest BCUT2D eigenvalue weighted by atomic mass is 16.5. The fourth-order valence-corrected chi connectivity index (χ4v) is 2.08. The van der Waals surface area contributed by atoms with Gasteiger partial charge in [0.1, 0.15) is 5.75 Å². The third-order valence-corrected chi connectivity index (χ3v) is 3.05. The van der Waals surface area contributed by atoms with Gasteiger partial charge in [-0.1, -0.05) is 19.9 Å². The number of hydrogen-bond acceptors (Lipinski definition) is 3. The molecule has 0 aliphatic heterocycles. The van der Waals surface area contributed by atoms with Crippen LogP contribution in [0.3, 0.4) is 0 Å². The molecule has 0 amide bonds. The molecule has 0 N–H and O–H groups in total. The van der Waals surface area contributed by atoms with Crippen LogP contribution in [0.5, 0.6) is 17.2 Å². The first-order chi connectivity index (χ1) is 9.80. The molecule has 0 aliphatic rings. The topological polar surface area (TPSA) is 27.7 Å². The van der Waals surface area contributed by atoms with Gasteiger partial charge in [0.25, 0.3) is 0 Å². The second-order valence-corrected chi connectivity index (χ2v) is 4.68. The SMILES string of the molecule is CCCOc1ccc2c(OCCC)c(OC)ccc2c1. The van der Waals surface area contributed by atoms with E-state index in [0.29, 0.717) is 6.61 Å². The van der Waals surface area contributed by atoms with Crippen molar-refractivity contribution in [3.05, 3.63) is 30.3 Å². The van der Waals surface area contributed by atoms with Gasteiger partial charge in [-0.05, 0) is 42.5 Å². The largest absolute Gasteiger partial charge is 0.494 e. The zero-order chi connectivity index (χ0) is 14.4. The summed E-state index contributed by atoms with van der Waals surface area (Å²) in [5.74, 6) is 2.48. The molecule has 0 aromatic heterocycles. The lowest BCUT2D eigenvalue weighted by molar-refractivity contribution is 0.298. The molecule has 0 aliphatic carbocycles. The number of ether oxygens (including phenoxy) is 3. The van der Waals surface area contributed by atoms with E-state index >= 15 is 0 Å². The van der Waals surface area contributed by atoms with E-state index in [1.165, 1.54) is 0 Å². The summed E-state index contributed by atoms with van der Waals surface area (Å²) in [4.78, 5) is 0. The van der Waals surface area contributed by atoms with Crippen molar-refractivity contribution in [2.45, 2.75) is 26.7 Å². The number of fused-ring (bicyclic) bond motifs is 1. The summed E-state index contributed by atoms with van der Waals surface area (Å²) in [6.07, 6.45) is 1.97. The minimum absolute atomic E-state index is 0.684. The lowest BCUT2D eigenvalue weighted by atomic mass is 10.1. The lowest BCUT2D eigenvalue weighted by Gasteiger charge is -2.14.